The van der Waals surface area contributed by atoms with Crippen molar-refractivity contribution in [3.8, 4) is 17.0 Å². The molecule has 0 aliphatic carbocycles. The van der Waals surface area contributed by atoms with Gasteiger partial charge in [0.15, 0.2) is 0 Å². The number of aromatic nitrogens is 2. The molecule has 0 spiro atoms. The van der Waals surface area contributed by atoms with Crippen molar-refractivity contribution in [3.63, 3.8) is 0 Å². The Labute approximate surface area is 162 Å². The zero-order chi connectivity index (χ0) is 21.3. The van der Waals surface area contributed by atoms with Crippen LogP contribution in [0.5, 0.6) is 5.75 Å². The lowest BCUT2D eigenvalue weighted by atomic mass is 9.92. The third-order valence-electron chi connectivity index (χ3n) is 3.97. The Bertz CT molecular complexity index is 832. The maximum atomic E-state index is 12.4. The number of hydrogen-bond acceptors (Lipinski definition) is 3. The van der Waals surface area contributed by atoms with Gasteiger partial charge < -0.3 is 10.1 Å². The average molecular weight is 397 g/mol. The molecule has 28 heavy (non-hydrogen) atoms. The van der Waals surface area contributed by atoms with Crippen LogP contribution in [0.3, 0.4) is 0 Å². The van der Waals surface area contributed by atoms with Gasteiger partial charge in [0.05, 0.1) is 5.69 Å². The van der Waals surface area contributed by atoms with Gasteiger partial charge in [-0.15, -0.1) is 13.2 Å². The minimum Gasteiger partial charge on any atom is -0.406 e. The Morgan fingerprint density at radius 3 is 2.21 bits per heavy atom. The minimum atomic E-state index is -4.74. The number of rotatable bonds is 5. The van der Waals surface area contributed by atoms with E-state index < -0.39 is 6.36 Å². The van der Waals surface area contributed by atoms with Crippen LogP contribution in [0.4, 0.5) is 19.0 Å². The first-order valence-electron chi connectivity index (χ1n) is 9.00. The number of nitrogens with zero attached hydrogens (tertiary/aromatic N) is 2. The fourth-order valence-corrected chi connectivity index (χ4v) is 2.92. The molecular weight excluding hydrogens is 371 g/mol. The number of nitrogens with one attached hydrogen (secondary N) is 1. The molecule has 1 heterocycles. The number of aryl methyl sites for hydroxylation is 1. The SMILES string of the molecule is CC(C)c1c(-c2ccc(OC(F)(F)F)cc2)nn(C)c1NC(=O)CC(C)(C)C. The first-order valence-corrected chi connectivity index (χ1v) is 9.00. The number of anilines is 1. The van der Waals surface area contributed by atoms with Gasteiger partial charge in [0, 0.05) is 24.6 Å². The molecule has 0 saturated heterocycles. The highest BCUT2D eigenvalue weighted by atomic mass is 19.4. The number of amides is 1. The van der Waals surface area contributed by atoms with Crippen LogP contribution in [-0.4, -0.2) is 22.1 Å². The zero-order valence-electron chi connectivity index (χ0n) is 16.9. The second-order valence-electron chi connectivity index (χ2n) is 8.25. The summed E-state index contributed by atoms with van der Waals surface area (Å²) in [6.45, 7) is 9.89. The average Bonchev–Trinajstić information content (AvgIpc) is 2.81. The molecule has 0 radical (unpaired) electrons. The van der Waals surface area contributed by atoms with E-state index in [0.29, 0.717) is 23.5 Å². The van der Waals surface area contributed by atoms with Gasteiger partial charge in [-0.25, -0.2) is 0 Å². The number of carbonyl (C=O) groups excluding carboxylic acids is 1. The predicted molar refractivity (Wildman–Crippen MR) is 102 cm³/mol. The Kier molecular flexibility index (Phi) is 6.11. The minimum absolute atomic E-state index is 0.0414. The fraction of sp³-hybridized carbons (Fsp3) is 0.500. The maximum absolute atomic E-state index is 12.4. The molecule has 0 atom stereocenters. The summed E-state index contributed by atoms with van der Waals surface area (Å²) in [6, 6.07) is 5.55. The summed E-state index contributed by atoms with van der Waals surface area (Å²) in [5, 5.41) is 7.43. The van der Waals surface area contributed by atoms with Crippen molar-refractivity contribution < 1.29 is 22.7 Å². The summed E-state index contributed by atoms with van der Waals surface area (Å²) in [5.74, 6) is 0.226. The highest BCUT2D eigenvalue weighted by molar-refractivity contribution is 5.92. The first kappa shape index (κ1) is 21.8. The fourth-order valence-electron chi connectivity index (χ4n) is 2.92. The summed E-state index contributed by atoms with van der Waals surface area (Å²) in [6.07, 6.45) is -4.38. The van der Waals surface area contributed by atoms with E-state index >= 15 is 0 Å². The molecule has 1 aromatic carbocycles. The van der Waals surface area contributed by atoms with Crippen molar-refractivity contribution in [2.75, 3.05) is 5.32 Å². The second-order valence-corrected chi connectivity index (χ2v) is 8.25. The standard InChI is InChI=1S/C20H26F3N3O2/c1-12(2)16-17(13-7-9-14(10-8-13)28-20(21,22)23)25-26(6)18(16)24-15(27)11-19(3,4)5/h7-10,12H,11H2,1-6H3,(H,24,27). The van der Waals surface area contributed by atoms with Gasteiger partial charge in [-0.2, -0.15) is 5.10 Å². The molecule has 0 aliphatic heterocycles. The van der Waals surface area contributed by atoms with E-state index in [1.165, 1.54) is 24.3 Å². The highest BCUT2D eigenvalue weighted by Gasteiger charge is 2.31. The molecule has 154 valence electrons. The van der Waals surface area contributed by atoms with Crippen LogP contribution in [0.1, 0.15) is 52.5 Å². The molecule has 0 bridgehead atoms. The Morgan fingerprint density at radius 1 is 1.18 bits per heavy atom. The second kappa shape index (κ2) is 7.85. The molecule has 2 rings (SSSR count). The maximum Gasteiger partial charge on any atom is 0.573 e. The van der Waals surface area contributed by atoms with E-state index in [1.54, 1.807) is 11.7 Å². The van der Waals surface area contributed by atoms with Gasteiger partial charge in [0.1, 0.15) is 11.6 Å². The lowest BCUT2D eigenvalue weighted by molar-refractivity contribution is -0.274. The number of halogens is 3. The smallest absolute Gasteiger partial charge is 0.406 e. The summed E-state index contributed by atoms with van der Waals surface area (Å²) in [7, 11) is 1.73. The van der Waals surface area contributed by atoms with Crippen molar-refractivity contribution in [2.24, 2.45) is 12.5 Å². The van der Waals surface area contributed by atoms with Crippen LogP contribution in [0, 0.1) is 5.41 Å². The van der Waals surface area contributed by atoms with Crippen LogP contribution in [-0.2, 0) is 11.8 Å². The molecule has 2 aromatic rings. The summed E-state index contributed by atoms with van der Waals surface area (Å²) in [4.78, 5) is 12.4. The first-order chi connectivity index (χ1) is 12.8. The Hall–Kier alpha value is -2.51. The number of carbonyl (C=O) groups is 1. The van der Waals surface area contributed by atoms with Crippen LogP contribution >= 0.6 is 0 Å². The summed E-state index contributed by atoms with van der Waals surface area (Å²) < 4.78 is 42.6. The van der Waals surface area contributed by atoms with Crippen molar-refractivity contribution in [3.05, 3.63) is 29.8 Å². The largest absolute Gasteiger partial charge is 0.573 e. The van der Waals surface area contributed by atoms with Gasteiger partial charge in [0.25, 0.3) is 0 Å². The monoisotopic (exact) mass is 397 g/mol. The number of ether oxygens (including phenoxy) is 1. The molecule has 0 fully saturated rings. The molecule has 1 amide bonds. The van der Waals surface area contributed by atoms with Crippen molar-refractivity contribution in [1.29, 1.82) is 0 Å². The number of benzene rings is 1. The Balaban J connectivity index is 2.37. The normalized spacial score (nSPS) is 12.4. The van der Waals surface area contributed by atoms with E-state index in [-0.39, 0.29) is 23.0 Å². The molecule has 5 nitrogen and oxygen atoms in total. The molecule has 1 N–H and O–H groups in total. The quantitative estimate of drug-likeness (QED) is 0.726. The van der Waals surface area contributed by atoms with Crippen molar-refractivity contribution in [2.45, 2.75) is 53.3 Å². The van der Waals surface area contributed by atoms with Gasteiger partial charge in [-0.1, -0.05) is 34.6 Å². The molecule has 0 aliphatic rings. The third kappa shape index (κ3) is 5.74. The van der Waals surface area contributed by atoms with E-state index in [4.69, 9.17) is 0 Å². The van der Waals surface area contributed by atoms with E-state index in [2.05, 4.69) is 15.2 Å². The molecule has 0 saturated carbocycles. The summed E-state index contributed by atoms with van der Waals surface area (Å²) in [5.41, 5.74) is 1.93. The predicted octanol–water partition coefficient (Wildman–Crippen LogP) is 5.48. The van der Waals surface area contributed by atoms with Crippen molar-refractivity contribution in [1.82, 2.24) is 9.78 Å². The van der Waals surface area contributed by atoms with Crippen LogP contribution in [0.2, 0.25) is 0 Å². The molecule has 1 aromatic heterocycles. The van der Waals surface area contributed by atoms with Crippen LogP contribution in [0.15, 0.2) is 24.3 Å². The Morgan fingerprint density at radius 2 is 1.75 bits per heavy atom. The topological polar surface area (TPSA) is 56.1 Å². The highest BCUT2D eigenvalue weighted by Crippen LogP contribution is 2.36. The third-order valence-corrected chi connectivity index (χ3v) is 3.97. The number of hydrogen-bond donors (Lipinski definition) is 1. The molecular formula is C20H26F3N3O2. The van der Waals surface area contributed by atoms with Gasteiger partial charge >= 0.3 is 6.36 Å². The van der Waals surface area contributed by atoms with Gasteiger partial charge in [-0.3, -0.25) is 9.48 Å². The summed E-state index contributed by atoms with van der Waals surface area (Å²) >= 11 is 0. The van der Waals surface area contributed by atoms with Gasteiger partial charge in [0.2, 0.25) is 5.91 Å². The zero-order valence-corrected chi connectivity index (χ0v) is 16.9. The van der Waals surface area contributed by atoms with Gasteiger partial charge in [-0.05, 0) is 35.6 Å². The molecule has 8 heteroatoms. The van der Waals surface area contributed by atoms with E-state index in [9.17, 15) is 18.0 Å². The van der Waals surface area contributed by atoms with Crippen molar-refractivity contribution >= 4 is 11.7 Å². The lowest BCUT2D eigenvalue weighted by Crippen LogP contribution is -2.21. The lowest BCUT2D eigenvalue weighted by Gasteiger charge is -2.18. The molecule has 0 unspecified atom stereocenters. The number of alkyl halides is 3. The van der Waals surface area contributed by atoms with Crippen LogP contribution < -0.4 is 10.1 Å². The van der Waals surface area contributed by atoms with Crippen LogP contribution in [0.25, 0.3) is 11.3 Å². The van der Waals surface area contributed by atoms with E-state index in [0.717, 1.165) is 5.56 Å². The van der Waals surface area contributed by atoms with E-state index in [1.807, 2.05) is 34.6 Å².